The highest BCUT2D eigenvalue weighted by atomic mass is 16.3. The Bertz CT molecular complexity index is 315. The quantitative estimate of drug-likeness (QED) is 0.714. The van der Waals surface area contributed by atoms with Gasteiger partial charge in [0.2, 0.25) is 0 Å². The maximum Gasteiger partial charge on any atom is 0.0436 e. The van der Waals surface area contributed by atoms with Crippen LogP contribution < -0.4 is 0 Å². The Morgan fingerprint density at radius 3 is 2.65 bits per heavy atom. The van der Waals surface area contributed by atoms with Gasteiger partial charge in [-0.2, -0.15) is 0 Å². The van der Waals surface area contributed by atoms with Crippen molar-refractivity contribution < 1.29 is 5.11 Å². The second kappa shape index (κ2) is 4.42. The van der Waals surface area contributed by atoms with Crippen molar-refractivity contribution in [2.45, 2.75) is 59.8 Å². The molecule has 0 saturated heterocycles. The van der Waals surface area contributed by atoms with Crippen molar-refractivity contribution in [1.29, 1.82) is 0 Å². The van der Waals surface area contributed by atoms with E-state index in [2.05, 4.69) is 33.8 Å². The number of rotatable bonds is 2. The summed E-state index contributed by atoms with van der Waals surface area (Å²) in [6.45, 7) is 9.97. The highest BCUT2D eigenvalue weighted by Crippen LogP contribution is 2.60. The summed E-state index contributed by atoms with van der Waals surface area (Å²) in [5.74, 6) is 1.40. The molecule has 0 aromatic rings. The van der Waals surface area contributed by atoms with Gasteiger partial charge in [-0.25, -0.2) is 0 Å². The molecule has 2 aliphatic rings. The van der Waals surface area contributed by atoms with Crippen molar-refractivity contribution in [3.8, 4) is 0 Å². The Labute approximate surface area is 106 Å². The van der Waals surface area contributed by atoms with E-state index in [9.17, 15) is 5.11 Å². The molecular weight excluding hydrogens is 208 g/mol. The summed E-state index contributed by atoms with van der Waals surface area (Å²) in [7, 11) is 0. The van der Waals surface area contributed by atoms with Crippen molar-refractivity contribution in [2.24, 2.45) is 22.7 Å². The average Bonchev–Trinajstić information content (AvgIpc) is 2.22. The average molecular weight is 236 g/mol. The molecule has 0 amide bonds. The van der Waals surface area contributed by atoms with Gasteiger partial charge in [0.1, 0.15) is 0 Å². The normalized spacial score (nSPS) is 40.6. The van der Waals surface area contributed by atoms with Crippen LogP contribution in [0.4, 0.5) is 0 Å². The van der Waals surface area contributed by atoms with Gasteiger partial charge in [-0.1, -0.05) is 38.8 Å². The van der Waals surface area contributed by atoms with E-state index < -0.39 is 0 Å². The third-order valence-corrected chi connectivity index (χ3v) is 5.71. The molecule has 1 N–H and O–H groups in total. The summed E-state index contributed by atoms with van der Waals surface area (Å²) >= 11 is 0. The van der Waals surface area contributed by atoms with E-state index >= 15 is 0 Å². The first-order chi connectivity index (χ1) is 7.92. The van der Waals surface area contributed by atoms with Gasteiger partial charge < -0.3 is 5.11 Å². The minimum atomic E-state index is 0.332. The van der Waals surface area contributed by atoms with E-state index in [1.54, 1.807) is 0 Å². The molecule has 3 atom stereocenters. The van der Waals surface area contributed by atoms with Crippen LogP contribution in [0.25, 0.3) is 0 Å². The molecule has 0 aromatic carbocycles. The highest BCUT2D eigenvalue weighted by Gasteiger charge is 2.51. The molecule has 0 aromatic heterocycles. The molecule has 0 bridgehead atoms. The van der Waals surface area contributed by atoms with E-state index in [-0.39, 0.29) is 0 Å². The van der Waals surface area contributed by atoms with E-state index in [1.165, 1.54) is 31.3 Å². The summed E-state index contributed by atoms with van der Waals surface area (Å²) in [5.41, 5.74) is 2.41. The Hall–Kier alpha value is -0.300. The van der Waals surface area contributed by atoms with Crippen molar-refractivity contribution >= 4 is 0 Å². The van der Waals surface area contributed by atoms with E-state index in [0.29, 0.717) is 23.4 Å². The summed E-state index contributed by atoms with van der Waals surface area (Å²) < 4.78 is 0. The summed E-state index contributed by atoms with van der Waals surface area (Å²) in [6.07, 6.45) is 8.71. The van der Waals surface area contributed by atoms with Crippen molar-refractivity contribution in [3.63, 3.8) is 0 Å². The zero-order chi connectivity index (χ0) is 12.7. The molecule has 2 aliphatic carbocycles. The molecule has 0 radical (unpaired) electrons. The number of aliphatic hydroxyl groups excluding tert-OH is 1. The second-order valence-corrected chi connectivity index (χ2v) is 7.15. The zero-order valence-corrected chi connectivity index (χ0v) is 11.9. The number of hydrogen-bond donors (Lipinski definition) is 1. The van der Waals surface area contributed by atoms with Crippen LogP contribution >= 0.6 is 0 Å². The molecule has 1 heteroatoms. The molecule has 1 nitrogen and oxygen atoms in total. The molecule has 2 unspecified atom stereocenters. The van der Waals surface area contributed by atoms with Crippen LogP contribution in [-0.4, -0.2) is 11.7 Å². The number of fused-ring (bicyclic) bond motifs is 1. The Morgan fingerprint density at radius 2 is 2.00 bits per heavy atom. The third kappa shape index (κ3) is 2.07. The fourth-order valence-electron chi connectivity index (χ4n) is 4.82. The molecule has 2 rings (SSSR count). The van der Waals surface area contributed by atoms with Gasteiger partial charge in [-0.3, -0.25) is 0 Å². The Morgan fingerprint density at radius 1 is 1.29 bits per heavy atom. The van der Waals surface area contributed by atoms with Gasteiger partial charge in [0, 0.05) is 6.61 Å². The first-order valence-corrected chi connectivity index (χ1v) is 7.19. The van der Waals surface area contributed by atoms with Crippen LogP contribution in [0, 0.1) is 22.7 Å². The lowest BCUT2D eigenvalue weighted by Gasteiger charge is -2.56. The lowest BCUT2D eigenvalue weighted by atomic mass is 9.48. The van der Waals surface area contributed by atoms with E-state index in [4.69, 9.17) is 0 Å². The van der Waals surface area contributed by atoms with Crippen LogP contribution in [0.5, 0.6) is 0 Å². The predicted molar refractivity (Wildman–Crippen MR) is 72.8 cm³/mol. The van der Waals surface area contributed by atoms with Crippen molar-refractivity contribution in [2.75, 3.05) is 6.61 Å². The van der Waals surface area contributed by atoms with Crippen LogP contribution in [0.15, 0.2) is 11.6 Å². The number of aliphatic hydroxyl groups is 1. The van der Waals surface area contributed by atoms with Crippen LogP contribution in [-0.2, 0) is 0 Å². The zero-order valence-electron chi connectivity index (χ0n) is 11.9. The molecule has 1 fully saturated rings. The number of hydrogen-bond acceptors (Lipinski definition) is 1. The maximum atomic E-state index is 9.34. The Kier molecular flexibility index (Phi) is 3.42. The van der Waals surface area contributed by atoms with Gasteiger partial charge in [0.25, 0.3) is 0 Å². The monoisotopic (exact) mass is 236 g/mol. The van der Waals surface area contributed by atoms with Crippen molar-refractivity contribution in [3.05, 3.63) is 11.6 Å². The minimum Gasteiger partial charge on any atom is -0.396 e. The lowest BCUT2D eigenvalue weighted by Crippen LogP contribution is -2.48. The SMILES string of the molecule is CC1=CCC2C(C)(C)CCC[C@]2(C)C1CCO. The molecule has 17 heavy (non-hydrogen) atoms. The Balaban J connectivity index is 2.35. The molecular formula is C16H28O. The number of allylic oxidation sites excluding steroid dienone is 2. The highest BCUT2D eigenvalue weighted by molar-refractivity contribution is 5.18. The lowest BCUT2D eigenvalue weighted by molar-refractivity contribution is -0.0425. The predicted octanol–water partition coefficient (Wildman–Crippen LogP) is 4.17. The fraction of sp³-hybridized carbons (Fsp3) is 0.875. The third-order valence-electron chi connectivity index (χ3n) is 5.71. The second-order valence-electron chi connectivity index (χ2n) is 7.15. The first kappa shape index (κ1) is 13.1. The minimum absolute atomic E-state index is 0.332. The van der Waals surface area contributed by atoms with Crippen LogP contribution in [0.2, 0.25) is 0 Å². The fourth-order valence-corrected chi connectivity index (χ4v) is 4.82. The molecule has 1 saturated carbocycles. The molecule has 0 heterocycles. The smallest absolute Gasteiger partial charge is 0.0436 e. The topological polar surface area (TPSA) is 20.2 Å². The van der Waals surface area contributed by atoms with Crippen molar-refractivity contribution in [1.82, 2.24) is 0 Å². The van der Waals surface area contributed by atoms with Crippen LogP contribution in [0.1, 0.15) is 59.8 Å². The largest absolute Gasteiger partial charge is 0.396 e. The molecule has 0 spiro atoms. The van der Waals surface area contributed by atoms with E-state index in [1.807, 2.05) is 0 Å². The summed E-state index contributed by atoms with van der Waals surface area (Å²) in [5, 5.41) is 9.34. The first-order valence-electron chi connectivity index (χ1n) is 7.19. The van der Waals surface area contributed by atoms with E-state index in [0.717, 1.165) is 12.3 Å². The standard InChI is InChI=1S/C16H28O/c1-12-6-7-14-15(2,3)9-5-10-16(14,4)13(12)8-11-17/h6,13-14,17H,5,7-11H2,1-4H3/t13?,14?,16-/m1/s1. The van der Waals surface area contributed by atoms with Gasteiger partial charge in [0.15, 0.2) is 0 Å². The van der Waals surface area contributed by atoms with Gasteiger partial charge >= 0.3 is 0 Å². The molecule has 98 valence electrons. The van der Waals surface area contributed by atoms with Gasteiger partial charge in [-0.05, 0) is 55.3 Å². The summed E-state index contributed by atoms with van der Waals surface area (Å²) in [6, 6.07) is 0. The maximum absolute atomic E-state index is 9.34. The van der Waals surface area contributed by atoms with Crippen LogP contribution in [0.3, 0.4) is 0 Å². The summed E-state index contributed by atoms with van der Waals surface area (Å²) in [4.78, 5) is 0. The van der Waals surface area contributed by atoms with Gasteiger partial charge in [0.05, 0.1) is 0 Å². The van der Waals surface area contributed by atoms with Gasteiger partial charge in [-0.15, -0.1) is 0 Å². The molecule has 0 aliphatic heterocycles.